The van der Waals surface area contributed by atoms with Crippen LogP contribution in [0.15, 0.2) is 103 Å². The second kappa shape index (κ2) is 13.5. The Morgan fingerprint density at radius 1 is 0.568 bits per heavy atom. The first-order valence-electron chi connectivity index (χ1n) is 10.9. The summed E-state index contributed by atoms with van der Waals surface area (Å²) in [6.45, 7) is 0. The van der Waals surface area contributed by atoms with E-state index in [1.165, 1.54) is 36.4 Å². The zero-order valence-electron chi connectivity index (χ0n) is 19.3. The van der Waals surface area contributed by atoms with Gasteiger partial charge in [0.1, 0.15) is 11.5 Å². The molecule has 37 heavy (non-hydrogen) atoms. The van der Waals surface area contributed by atoms with Gasteiger partial charge in [-0.2, -0.15) is 0 Å². The summed E-state index contributed by atoms with van der Waals surface area (Å²) in [7, 11) is 0. The smallest absolute Gasteiger partial charge is 0.185 e. The van der Waals surface area contributed by atoms with Crippen molar-refractivity contribution in [2.24, 2.45) is 0 Å². The maximum Gasteiger partial charge on any atom is 0.185 e. The zero-order valence-corrected chi connectivity index (χ0v) is 21.6. The minimum absolute atomic E-state index is 0.0637. The fraction of sp³-hybridized carbons (Fsp3) is 0. The monoisotopic (exact) mass is 550 g/mol. The van der Waals surface area contributed by atoms with Gasteiger partial charge in [0.2, 0.25) is 0 Å². The molecule has 4 aromatic rings. The summed E-state index contributed by atoms with van der Waals surface area (Å²) in [6, 6.07) is 24.8. The van der Waals surface area contributed by atoms with Crippen molar-refractivity contribution >= 4 is 58.5 Å². The summed E-state index contributed by atoms with van der Waals surface area (Å²) in [5, 5.41) is 20.2. The number of benzene rings is 4. The number of aromatic hydroxyl groups is 2. The standard InChI is InChI=1S/C15H10Cl2O2.C15H11ClO2/c16-13-6-4-10(8-14(13)17)5-7-15(19)11-2-1-3-12(18)9-11;16-13-7-4-11(5-8-13)6-9-15(18)12-2-1-3-14(17)10-12/h1-9,18H;1-10,17H/b7-5+;9-6+. The average molecular weight is 552 g/mol. The lowest BCUT2D eigenvalue weighted by Crippen LogP contribution is -1.93. The largest absolute Gasteiger partial charge is 0.508 e. The van der Waals surface area contributed by atoms with Crippen LogP contribution >= 0.6 is 34.8 Å². The van der Waals surface area contributed by atoms with Crippen molar-refractivity contribution in [3.05, 3.63) is 140 Å². The van der Waals surface area contributed by atoms with Crippen LogP contribution in [0.4, 0.5) is 0 Å². The third kappa shape index (κ3) is 8.96. The third-order valence-corrected chi connectivity index (χ3v) is 5.92. The summed E-state index contributed by atoms with van der Waals surface area (Å²) in [5.41, 5.74) is 2.56. The Bertz CT molecular complexity index is 1460. The van der Waals surface area contributed by atoms with Crippen molar-refractivity contribution in [2.45, 2.75) is 0 Å². The molecule has 0 unspecified atom stereocenters. The Morgan fingerprint density at radius 3 is 1.54 bits per heavy atom. The normalized spacial score (nSPS) is 10.8. The molecule has 0 saturated carbocycles. The molecule has 0 saturated heterocycles. The molecule has 4 nitrogen and oxygen atoms in total. The SMILES string of the molecule is O=C(/C=C/c1ccc(Cl)c(Cl)c1)c1cccc(O)c1.O=C(/C=C/c1ccc(Cl)cc1)c1cccc(O)c1. The second-order valence-electron chi connectivity index (χ2n) is 7.72. The number of hydrogen-bond acceptors (Lipinski definition) is 4. The van der Waals surface area contributed by atoms with E-state index < -0.39 is 0 Å². The lowest BCUT2D eigenvalue weighted by molar-refractivity contribution is 0.103. The van der Waals surface area contributed by atoms with Crippen LogP contribution in [0, 0.1) is 0 Å². The molecule has 7 heteroatoms. The highest BCUT2D eigenvalue weighted by molar-refractivity contribution is 6.42. The Hall–Kier alpha value is -3.83. The van der Waals surface area contributed by atoms with Crippen LogP contribution in [0.3, 0.4) is 0 Å². The van der Waals surface area contributed by atoms with Crippen molar-refractivity contribution in [3.63, 3.8) is 0 Å². The number of ketones is 2. The van der Waals surface area contributed by atoms with Crippen molar-refractivity contribution in [1.82, 2.24) is 0 Å². The van der Waals surface area contributed by atoms with Crippen LogP contribution in [-0.2, 0) is 0 Å². The molecule has 186 valence electrons. The third-order valence-electron chi connectivity index (χ3n) is 4.93. The van der Waals surface area contributed by atoms with Gasteiger partial charge in [-0.05, 0) is 71.8 Å². The van der Waals surface area contributed by atoms with Crippen molar-refractivity contribution in [1.29, 1.82) is 0 Å². The van der Waals surface area contributed by atoms with E-state index in [1.54, 1.807) is 66.7 Å². The predicted octanol–water partition coefficient (Wildman–Crippen LogP) is 8.54. The Kier molecular flexibility index (Phi) is 10.1. The summed E-state index contributed by atoms with van der Waals surface area (Å²) in [5.74, 6) is -0.197. The lowest BCUT2D eigenvalue weighted by Gasteiger charge is -1.98. The van der Waals surface area contributed by atoms with Gasteiger partial charge >= 0.3 is 0 Å². The van der Waals surface area contributed by atoms with Crippen LogP contribution in [-0.4, -0.2) is 21.8 Å². The molecule has 0 radical (unpaired) electrons. The van der Waals surface area contributed by atoms with Gasteiger partial charge in [0.15, 0.2) is 11.6 Å². The molecule has 0 bridgehead atoms. The fourth-order valence-corrected chi connectivity index (χ4v) is 3.48. The quantitative estimate of drug-likeness (QED) is 0.186. The van der Waals surface area contributed by atoms with Gasteiger partial charge in [0.05, 0.1) is 10.0 Å². The highest BCUT2D eigenvalue weighted by Gasteiger charge is 2.03. The van der Waals surface area contributed by atoms with E-state index in [9.17, 15) is 19.8 Å². The number of carbonyl (C=O) groups excluding carboxylic acids is 2. The van der Waals surface area contributed by atoms with Crippen LogP contribution in [0.25, 0.3) is 12.2 Å². The fourth-order valence-electron chi connectivity index (χ4n) is 3.04. The van der Waals surface area contributed by atoms with E-state index in [-0.39, 0.29) is 23.1 Å². The van der Waals surface area contributed by atoms with Crippen LogP contribution in [0.2, 0.25) is 15.1 Å². The maximum absolute atomic E-state index is 11.9. The Labute approximate surface area is 229 Å². The van der Waals surface area contributed by atoms with E-state index in [2.05, 4.69) is 0 Å². The molecule has 0 fully saturated rings. The molecule has 0 spiro atoms. The maximum atomic E-state index is 11.9. The highest BCUT2D eigenvalue weighted by atomic mass is 35.5. The molecule has 4 aromatic carbocycles. The average Bonchev–Trinajstić information content (AvgIpc) is 2.89. The van der Waals surface area contributed by atoms with Gasteiger partial charge in [-0.25, -0.2) is 0 Å². The van der Waals surface area contributed by atoms with Gasteiger partial charge in [-0.1, -0.05) is 89.4 Å². The van der Waals surface area contributed by atoms with Gasteiger partial charge in [-0.15, -0.1) is 0 Å². The Morgan fingerprint density at radius 2 is 1.05 bits per heavy atom. The summed E-state index contributed by atoms with van der Waals surface area (Å²) in [6.07, 6.45) is 6.25. The number of carbonyl (C=O) groups is 2. The van der Waals surface area contributed by atoms with Gasteiger partial charge in [-0.3, -0.25) is 9.59 Å². The summed E-state index contributed by atoms with van der Waals surface area (Å²) < 4.78 is 0. The van der Waals surface area contributed by atoms with Crippen LogP contribution < -0.4 is 0 Å². The van der Waals surface area contributed by atoms with Crippen molar-refractivity contribution in [3.8, 4) is 11.5 Å². The van der Waals surface area contributed by atoms with Crippen LogP contribution in [0.5, 0.6) is 11.5 Å². The first kappa shape index (κ1) is 27.8. The van der Waals surface area contributed by atoms with Gasteiger partial charge < -0.3 is 10.2 Å². The van der Waals surface area contributed by atoms with E-state index in [0.29, 0.717) is 26.2 Å². The number of rotatable bonds is 6. The lowest BCUT2D eigenvalue weighted by atomic mass is 10.1. The van der Waals surface area contributed by atoms with E-state index >= 15 is 0 Å². The van der Waals surface area contributed by atoms with Crippen molar-refractivity contribution < 1.29 is 19.8 Å². The number of allylic oxidation sites excluding steroid dienone is 2. The highest BCUT2D eigenvalue weighted by Crippen LogP contribution is 2.23. The number of phenolic OH excluding ortho intramolecular Hbond substituents is 2. The van der Waals surface area contributed by atoms with E-state index in [4.69, 9.17) is 34.8 Å². The number of halogens is 3. The first-order chi connectivity index (χ1) is 17.7. The number of phenols is 2. The minimum atomic E-state index is -0.193. The topological polar surface area (TPSA) is 74.6 Å². The minimum Gasteiger partial charge on any atom is -0.508 e. The molecule has 0 amide bonds. The molecule has 0 aliphatic rings. The molecule has 0 heterocycles. The summed E-state index contributed by atoms with van der Waals surface area (Å²) in [4.78, 5) is 23.7. The molecule has 2 N–H and O–H groups in total. The van der Waals surface area contributed by atoms with E-state index in [0.717, 1.165) is 11.1 Å². The van der Waals surface area contributed by atoms with Crippen LogP contribution in [0.1, 0.15) is 31.8 Å². The summed E-state index contributed by atoms with van der Waals surface area (Å²) >= 11 is 17.5. The molecule has 4 rings (SSSR count). The van der Waals surface area contributed by atoms with Gasteiger partial charge in [0, 0.05) is 16.1 Å². The van der Waals surface area contributed by atoms with Gasteiger partial charge in [0.25, 0.3) is 0 Å². The number of hydrogen-bond donors (Lipinski definition) is 2. The second-order valence-corrected chi connectivity index (χ2v) is 8.97. The first-order valence-corrected chi connectivity index (χ1v) is 12.1. The molecule has 0 aliphatic carbocycles. The molecular formula is C30H21Cl3O4. The molecular weight excluding hydrogens is 531 g/mol. The van der Waals surface area contributed by atoms with Crippen molar-refractivity contribution in [2.75, 3.05) is 0 Å². The van der Waals surface area contributed by atoms with E-state index in [1.807, 2.05) is 12.1 Å². The molecule has 0 aromatic heterocycles. The molecule has 0 atom stereocenters. The zero-order chi connectivity index (χ0) is 26.8. The predicted molar refractivity (Wildman–Crippen MR) is 151 cm³/mol. The molecule has 0 aliphatic heterocycles. The Balaban J connectivity index is 0.000000206.